The summed E-state index contributed by atoms with van der Waals surface area (Å²) in [6.45, 7) is 1.42. The van der Waals surface area contributed by atoms with Gasteiger partial charge in [-0.05, 0) is 25.3 Å². The van der Waals surface area contributed by atoms with Crippen LogP contribution >= 0.6 is 0 Å². The van der Waals surface area contributed by atoms with Crippen molar-refractivity contribution in [3.63, 3.8) is 0 Å². The van der Waals surface area contributed by atoms with Crippen LogP contribution in [0.1, 0.15) is 31.7 Å². The number of amides is 1. The van der Waals surface area contributed by atoms with Gasteiger partial charge in [-0.3, -0.25) is 4.79 Å². The number of nitrogens with two attached hydrogens (primary N) is 1. The quantitative estimate of drug-likeness (QED) is 0.933. The molecule has 1 saturated heterocycles. The molecule has 0 radical (unpaired) electrons. The second-order valence-electron chi connectivity index (χ2n) is 5.59. The number of rotatable bonds is 3. The van der Waals surface area contributed by atoms with E-state index >= 15 is 0 Å². The van der Waals surface area contributed by atoms with E-state index in [2.05, 4.69) is 0 Å². The number of carbonyl (C=O) groups is 1. The Hall–Kier alpha value is -1.56. The molecule has 0 saturated carbocycles. The van der Waals surface area contributed by atoms with Crippen molar-refractivity contribution in [2.45, 2.75) is 43.9 Å². The molecule has 1 aliphatic rings. The third-order valence-electron chi connectivity index (χ3n) is 4.06. The Kier molecular flexibility index (Phi) is 4.27. The van der Waals surface area contributed by atoms with Crippen LogP contribution in [0.25, 0.3) is 0 Å². The van der Waals surface area contributed by atoms with Crippen molar-refractivity contribution < 1.29 is 18.0 Å². The first-order valence-corrected chi connectivity index (χ1v) is 6.96. The van der Waals surface area contributed by atoms with Gasteiger partial charge in [0.05, 0.1) is 6.42 Å². The Morgan fingerprint density at radius 1 is 1.33 bits per heavy atom. The van der Waals surface area contributed by atoms with Crippen molar-refractivity contribution in [1.29, 1.82) is 0 Å². The van der Waals surface area contributed by atoms with Crippen molar-refractivity contribution >= 4 is 5.91 Å². The van der Waals surface area contributed by atoms with Crippen molar-refractivity contribution in [2.75, 3.05) is 6.54 Å². The lowest BCUT2D eigenvalue weighted by atomic mass is 9.80. The number of halogens is 3. The molecule has 0 aliphatic carbocycles. The molecule has 21 heavy (non-hydrogen) atoms. The molecule has 2 N–H and O–H groups in total. The average molecular weight is 300 g/mol. The normalized spacial score (nSPS) is 27.0. The molecule has 1 aromatic carbocycles. The second-order valence-corrected chi connectivity index (χ2v) is 5.59. The van der Waals surface area contributed by atoms with Gasteiger partial charge >= 0.3 is 6.18 Å². The van der Waals surface area contributed by atoms with Crippen LogP contribution in [0.4, 0.5) is 13.2 Å². The number of piperidine rings is 1. The Labute approximate surface area is 121 Å². The molecule has 1 fully saturated rings. The van der Waals surface area contributed by atoms with Gasteiger partial charge in [-0.2, -0.15) is 13.2 Å². The Morgan fingerprint density at radius 3 is 2.52 bits per heavy atom. The minimum Gasteiger partial charge on any atom is -0.338 e. The van der Waals surface area contributed by atoms with Gasteiger partial charge in [-0.15, -0.1) is 0 Å². The summed E-state index contributed by atoms with van der Waals surface area (Å²) in [5.74, 6) is -0.420. The van der Waals surface area contributed by atoms with Crippen LogP contribution in [0, 0.1) is 0 Å². The summed E-state index contributed by atoms with van der Waals surface area (Å²) in [4.78, 5) is 13.9. The number of likely N-dealkylation sites (tertiary alicyclic amines) is 1. The summed E-state index contributed by atoms with van der Waals surface area (Å²) in [6.07, 6.45) is -4.25. The maximum atomic E-state index is 12.6. The van der Waals surface area contributed by atoms with Gasteiger partial charge < -0.3 is 10.6 Å². The maximum Gasteiger partial charge on any atom is 0.390 e. The molecule has 2 rings (SSSR count). The number of alkyl halides is 3. The standard InChI is InChI=1S/C15H19F3N2O/c1-11-7-8-14(19,12-5-3-2-4-6-12)13(21)20(11)10-9-15(16,17)18/h2-6,11H,7-10,19H2,1H3/t11-,14+/m1/s1. The van der Waals surface area contributed by atoms with Crippen LogP contribution in [-0.2, 0) is 10.3 Å². The first-order chi connectivity index (χ1) is 9.74. The van der Waals surface area contributed by atoms with Crippen LogP contribution in [0.2, 0.25) is 0 Å². The lowest BCUT2D eigenvalue weighted by Gasteiger charge is -2.43. The number of hydrogen-bond acceptors (Lipinski definition) is 2. The van der Waals surface area contributed by atoms with Gasteiger partial charge in [0, 0.05) is 12.6 Å². The fraction of sp³-hybridized carbons (Fsp3) is 0.533. The van der Waals surface area contributed by atoms with E-state index in [-0.39, 0.29) is 12.6 Å². The summed E-state index contributed by atoms with van der Waals surface area (Å²) < 4.78 is 37.2. The molecular weight excluding hydrogens is 281 g/mol. The molecule has 0 bridgehead atoms. The van der Waals surface area contributed by atoms with Gasteiger partial charge in [0.1, 0.15) is 5.54 Å². The Bertz CT molecular complexity index is 503. The zero-order valence-electron chi connectivity index (χ0n) is 11.9. The molecule has 0 spiro atoms. The highest BCUT2D eigenvalue weighted by Gasteiger charge is 2.45. The molecule has 1 amide bonds. The van der Waals surface area contributed by atoms with E-state index in [4.69, 9.17) is 5.73 Å². The molecule has 116 valence electrons. The maximum absolute atomic E-state index is 12.6. The third kappa shape index (κ3) is 3.37. The minimum absolute atomic E-state index is 0.222. The minimum atomic E-state index is -4.28. The van der Waals surface area contributed by atoms with Crippen LogP contribution in [0.5, 0.6) is 0 Å². The van der Waals surface area contributed by atoms with Crippen LogP contribution in [0.15, 0.2) is 30.3 Å². The van der Waals surface area contributed by atoms with Crippen molar-refractivity contribution in [1.82, 2.24) is 4.90 Å². The van der Waals surface area contributed by atoms with Gasteiger partial charge in [0.15, 0.2) is 0 Å². The van der Waals surface area contributed by atoms with Gasteiger partial charge in [0.25, 0.3) is 0 Å². The second kappa shape index (κ2) is 5.67. The van der Waals surface area contributed by atoms with E-state index in [1.807, 2.05) is 6.07 Å². The zero-order chi connectivity index (χ0) is 15.7. The number of benzene rings is 1. The van der Waals surface area contributed by atoms with E-state index in [1.54, 1.807) is 31.2 Å². The predicted molar refractivity (Wildman–Crippen MR) is 73.4 cm³/mol. The number of carbonyl (C=O) groups excluding carboxylic acids is 1. The molecular formula is C15H19F3N2O. The zero-order valence-corrected chi connectivity index (χ0v) is 11.9. The van der Waals surface area contributed by atoms with Gasteiger partial charge in [-0.25, -0.2) is 0 Å². The molecule has 3 nitrogen and oxygen atoms in total. The summed E-state index contributed by atoms with van der Waals surface area (Å²) in [6, 6.07) is 8.63. The van der Waals surface area contributed by atoms with Crippen molar-refractivity contribution in [2.24, 2.45) is 5.73 Å². The van der Waals surface area contributed by atoms with E-state index < -0.39 is 24.0 Å². The monoisotopic (exact) mass is 300 g/mol. The SMILES string of the molecule is C[C@@H]1CC[C@](N)(c2ccccc2)C(=O)N1CCC(F)(F)F. The summed E-state index contributed by atoms with van der Waals surface area (Å²) in [7, 11) is 0. The average Bonchev–Trinajstić information content (AvgIpc) is 2.43. The smallest absolute Gasteiger partial charge is 0.338 e. The molecule has 1 aliphatic heterocycles. The topological polar surface area (TPSA) is 46.3 Å². The lowest BCUT2D eigenvalue weighted by Crippen LogP contribution is -2.59. The number of hydrogen-bond donors (Lipinski definition) is 1. The number of nitrogens with zero attached hydrogens (tertiary/aromatic N) is 1. The Balaban J connectivity index is 2.21. The summed E-state index contributed by atoms with van der Waals surface area (Å²) >= 11 is 0. The van der Waals surface area contributed by atoms with E-state index in [0.717, 1.165) is 0 Å². The highest BCUT2D eigenvalue weighted by Crippen LogP contribution is 2.34. The van der Waals surface area contributed by atoms with Crippen molar-refractivity contribution in [3.05, 3.63) is 35.9 Å². The Morgan fingerprint density at radius 2 is 1.95 bits per heavy atom. The molecule has 1 heterocycles. The fourth-order valence-electron chi connectivity index (χ4n) is 2.73. The molecule has 6 heteroatoms. The van der Waals surface area contributed by atoms with E-state index in [0.29, 0.717) is 18.4 Å². The highest BCUT2D eigenvalue weighted by molar-refractivity contribution is 5.88. The van der Waals surface area contributed by atoms with Crippen molar-refractivity contribution in [3.8, 4) is 0 Å². The molecule has 2 atom stereocenters. The molecule has 1 aromatic rings. The highest BCUT2D eigenvalue weighted by atomic mass is 19.4. The summed E-state index contributed by atoms with van der Waals surface area (Å²) in [5.41, 5.74) is 5.67. The fourth-order valence-corrected chi connectivity index (χ4v) is 2.73. The van der Waals surface area contributed by atoms with Gasteiger partial charge in [0.2, 0.25) is 5.91 Å². The largest absolute Gasteiger partial charge is 0.390 e. The lowest BCUT2D eigenvalue weighted by molar-refractivity contribution is -0.154. The van der Waals surface area contributed by atoms with E-state index in [9.17, 15) is 18.0 Å². The van der Waals surface area contributed by atoms with E-state index in [1.165, 1.54) is 4.90 Å². The molecule has 0 aromatic heterocycles. The first-order valence-electron chi connectivity index (χ1n) is 6.96. The predicted octanol–water partition coefficient (Wildman–Crippen LogP) is 2.80. The summed E-state index contributed by atoms with van der Waals surface area (Å²) in [5, 5.41) is 0. The van der Waals surface area contributed by atoms with Crippen LogP contribution in [0.3, 0.4) is 0 Å². The molecule has 0 unspecified atom stereocenters. The third-order valence-corrected chi connectivity index (χ3v) is 4.06. The van der Waals surface area contributed by atoms with Crippen LogP contribution < -0.4 is 5.73 Å². The van der Waals surface area contributed by atoms with Gasteiger partial charge in [-0.1, -0.05) is 30.3 Å². The first kappa shape index (κ1) is 15.8. The van der Waals surface area contributed by atoms with Crippen LogP contribution in [-0.4, -0.2) is 29.6 Å².